The summed E-state index contributed by atoms with van der Waals surface area (Å²) in [5.41, 5.74) is -0.409. The van der Waals surface area contributed by atoms with Crippen LogP contribution in [0.5, 0.6) is 0 Å². The van der Waals surface area contributed by atoms with E-state index in [1.165, 1.54) is 12.8 Å². The lowest BCUT2D eigenvalue weighted by Crippen LogP contribution is -2.54. The molecule has 1 aliphatic heterocycles. The molecule has 1 heterocycles. The molecule has 0 bridgehead atoms. The Kier molecular flexibility index (Phi) is 4.76. The molecule has 2 aliphatic rings. The smallest absolute Gasteiger partial charge is 0.318 e. The maximum absolute atomic E-state index is 12.5. The maximum Gasteiger partial charge on any atom is 0.318 e. The average Bonchev–Trinajstić information content (AvgIpc) is 3.08. The summed E-state index contributed by atoms with van der Waals surface area (Å²) in [6, 6.07) is -0.135. The molecule has 2 fully saturated rings. The molecule has 6 heteroatoms. The number of carbonyl (C=O) groups is 2. The molecule has 1 saturated heterocycles. The van der Waals surface area contributed by atoms with Crippen LogP contribution in [0, 0.1) is 5.92 Å². The molecule has 0 spiro atoms. The van der Waals surface area contributed by atoms with E-state index in [9.17, 15) is 9.59 Å². The van der Waals surface area contributed by atoms with Crippen LogP contribution in [0.3, 0.4) is 0 Å². The molecular formula is C15H26N2O4. The number of amides is 2. The van der Waals surface area contributed by atoms with Gasteiger partial charge in [0.1, 0.15) is 0 Å². The van der Waals surface area contributed by atoms with Gasteiger partial charge in [-0.05, 0) is 46.0 Å². The van der Waals surface area contributed by atoms with Gasteiger partial charge in [-0.1, -0.05) is 0 Å². The highest BCUT2D eigenvalue weighted by Crippen LogP contribution is 2.38. The molecule has 0 aromatic heterocycles. The standard InChI is InChI=1S/C15H26N2O4/c1-15(2,3)17(8-6-12(18)19)14(20)16-11-7-9-21-13(11)10-4-5-10/h10-11,13H,4-9H2,1-3H3,(H,16,20)(H,18,19). The van der Waals surface area contributed by atoms with E-state index in [4.69, 9.17) is 9.84 Å². The molecule has 1 saturated carbocycles. The van der Waals surface area contributed by atoms with Crippen molar-refractivity contribution in [1.29, 1.82) is 0 Å². The van der Waals surface area contributed by atoms with Crippen LogP contribution in [0.15, 0.2) is 0 Å². The lowest BCUT2D eigenvalue weighted by molar-refractivity contribution is -0.137. The molecule has 2 amide bonds. The van der Waals surface area contributed by atoms with Crippen molar-refractivity contribution >= 4 is 12.0 Å². The Hall–Kier alpha value is -1.30. The van der Waals surface area contributed by atoms with Crippen LogP contribution in [0.4, 0.5) is 4.79 Å². The van der Waals surface area contributed by atoms with E-state index in [1.54, 1.807) is 4.90 Å². The van der Waals surface area contributed by atoms with Crippen molar-refractivity contribution in [1.82, 2.24) is 10.2 Å². The zero-order valence-corrected chi connectivity index (χ0v) is 13.1. The second kappa shape index (κ2) is 6.22. The second-order valence-corrected chi connectivity index (χ2v) is 6.98. The van der Waals surface area contributed by atoms with E-state index in [2.05, 4.69) is 5.32 Å². The fourth-order valence-corrected chi connectivity index (χ4v) is 2.84. The first kappa shape index (κ1) is 16.1. The highest BCUT2D eigenvalue weighted by atomic mass is 16.5. The topological polar surface area (TPSA) is 78.9 Å². The Bertz CT molecular complexity index is 401. The number of hydrogen-bond donors (Lipinski definition) is 2. The zero-order valence-electron chi connectivity index (χ0n) is 13.1. The Morgan fingerprint density at radius 2 is 1.95 bits per heavy atom. The van der Waals surface area contributed by atoms with Crippen molar-refractivity contribution in [3.63, 3.8) is 0 Å². The van der Waals surface area contributed by atoms with E-state index in [1.807, 2.05) is 20.8 Å². The van der Waals surface area contributed by atoms with Crippen molar-refractivity contribution in [3.05, 3.63) is 0 Å². The molecule has 1 aliphatic carbocycles. The van der Waals surface area contributed by atoms with Gasteiger partial charge in [0.25, 0.3) is 0 Å². The summed E-state index contributed by atoms with van der Waals surface area (Å²) in [6.45, 7) is 6.65. The summed E-state index contributed by atoms with van der Waals surface area (Å²) < 4.78 is 5.73. The monoisotopic (exact) mass is 298 g/mol. The molecule has 0 aromatic rings. The third-order valence-electron chi connectivity index (χ3n) is 4.14. The van der Waals surface area contributed by atoms with E-state index < -0.39 is 11.5 Å². The largest absolute Gasteiger partial charge is 0.481 e. The summed E-state index contributed by atoms with van der Waals surface area (Å²) >= 11 is 0. The van der Waals surface area contributed by atoms with Crippen molar-refractivity contribution in [2.75, 3.05) is 13.2 Å². The number of nitrogens with one attached hydrogen (secondary N) is 1. The fraction of sp³-hybridized carbons (Fsp3) is 0.867. The van der Waals surface area contributed by atoms with Crippen molar-refractivity contribution < 1.29 is 19.4 Å². The third-order valence-corrected chi connectivity index (χ3v) is 4.14. The molecule has 2 N–H and O–H groups in total. The molecule has 120 valence electrons. The first-order valence-corrected chi connectivity index (χ1v) is 7.70. The molecule has 21 heavy (non-hydrogen) atoms. The van der Waals surface area contributed by atoms with Gasteiger partial charge in [0.05, 0.1) is 18.6 Å². The van der Waals surface area contributed by atoms with Gasteiger partial charge in [-0.2, -0.15) is 0 Å². The van der Waals surface area contributed by atoms with Crippen molar-refractivity contribution in [2.24, 2.45) is 5.92 Å². The predicted molar refractivity (Wildman–Crippen MR) is 78.1 cm³/mol. The van der Waals surface area contributed by atoms with Crippen LogP contribution in [0.25, 0.3) is 0 Å². The number of nitrogens with zero attached hydrogens (tertiary/aromatic N) is 1. The van der Waals surface area contributed by atoms with Crippen LogP contribution in [0.1, 0.15) is 46.5 Å². The Morgan fingerprint density at radius 1 is 1.29 bits per heavy atom. The highest BCUT2D eigenvalue weighted by molar-refractivity contribution is 5.76. The molecule has 2 atom stereocenters. The Labute approximate surface area is 125 Å². The van der Waals surface area contributed by atoms with Gasteiger partial charge in [-0.15, -0.1) is 0 Å². The quantitative estimate of drug-likeness (QED) is 0.811. The summed E-state index contributed by atoms with van der Waals surface area (Å²) in [4.78, 5) is 24.9. The number of rotatable bonds is 5. The zero-order chi connectivity index (χ0) is 15.6. The Morgan fingerprint density at radius 3 is 2.48 bits per heavy atom. The van der Waals surface area contributed by atoms with Gasteiger partial charge in [0, 0.05) is 18.7 Å². The van der Waals surface area contributed by atoms with Crippen LogP contribution >= 0.6 is 0 Å². The van der Waals surface area contributed by atoms with E-state index >= 15 is 0 Å². The first-order chi connectivity index (χ1) is 9.79. The van der Waals surface area contributed by atoms with Gasteiger partial charge in [0.15, 0.2) is 0 Å². The lowest BCUT2D eigenvalue weighted by atomic mass is 10.0. The summed E-state index contributed by atoms with van der Waals surface area (Å²) in [5, 5.41) is 11.9. The number of urea groups is 1. The van der Waals surface area contributed by atoms with E-state index in [0.717, 1.165) is 6.42 Å². The third kappa shape index (κ3) is 4.33. The van der Waals surface area contributed by atoms with Gasteiger partial charge in [-0.3, -0.25) is 4.79 Å². The second-order valence-electron chi connectivity index (χ2n) is 6.98. The minimum Gasteiger partial charge on any atom is -0.481 e. The molecule has 2 rings (SSSR count). The summed E-state index contributed by atoms with van der Waals surface area (Å²) in [7, 11) is 0. The molecule has 0 aromatic carbocycles. The van der Waals surface area contributed by atoms with Crippen LogP contribution in [-0.4, -0.2) is 52.8 Å². The van der Waals surface area contributed by atoms with Crippen LogP contribution in [-0.2, 0) is 9.53 Å². The normalized spacial score (nSPS) is 25.7. The van der Waals surface area contributed by atoms with E-state index in [0.29, 0.717) is 12.5 Å². The number of carboxylic acids is 1. The number of carboxylic acid groups (broad SMARTS) is 1. The lowest BCUT2D eigenvalue weighted by Gasteiger charge is -2.36. The number of aliphatic carboxylic acids is 1. The average molecular weight is 298 g/mol. The molecule has 0 radical (unpaired) electrons. The molecule has 2 unspecified atom stereocenters. The van der Waals surface area contributed by atoms with Crippen LogP contribution < -0.4 is 5.32 Å². The summed E-state index contributed by atoms with van der Waals surface area (Å²) in [5.74, 6) is -0.308. The van der Waals surface area contributed by atoms with Crippen molar-refractivity contribution in [3.8, 4) is 0 Å². The van der Waals surface area contributed by atoms with Crippen LogP contribution in [0.2, 0.25) is 0 Å². The van der Waals surface area contributed by atoms with Gasteiger partial charge < -0.3 is 20.1 Å². The summed E-state index contributed by atoms with van der Waals surface area (Å²) in [6.07, 6.45) is 3.29. The van der Waals surface area contributed by atoms with E-state index in [-0.39, 0.29) is 31.1 Å². The predicted octanol–water partition coefficient (Wildman–Crippen LogP) is 1.84. The number of carbonyl (C=O) groups excluding carboxylic acids is 1. The number of hydrogen-bond acceptors (Lipinski definition) is 3. The minimum absolute atomic E-state index is 0.0437. The SMILES string of the molecule is CC(C)(C)N(CCC(=O)O)C(=O)NC1CCOC1C1CC1. The maximum atomic E-state index is 12.5. The fourth-order valence-electron chi connectivity index (χ4n) is 2.84. The Balaban J connectivity index is 1.95. The number of ether oxygens (including phenoxy) is 1. The van der Waals surface area contributed by atoms with Gasteiger partial charge >= 0.3 is 12.0 Å². The first-order valence-electron chi connectivity index (χ1n) is 7.70. The highest BCUT2D eigenvalue weighted by Gasteiger charge is 2.42. The minimum atomic E-state index is -0.892. The van der Waals surface area contributed by atoms with Crippen molar-refractivity contribution in [2.45, 2.75) is 64.1 Å². The molecular weight excluding hydrogens is 272 g/mol. The van der Waals surface area contributed by atoms with Gasteiger partial charge in [0.2, 0.25) is 0 Å². The van der Waals surface area contributed by atoms with Gasteiger partial charge in [-0.25, -0.2) is 4.79 Å². The molecule has 6 nitrogen and oxygen atoms in total.